The van der Waals surface area contributed by atoms with E-state index in [0.717, 1.165) is 29.0 Å². The Bertz CT molecular complexity index is 679. The van der Waals surface area contributed by atoms with Crippen LogP contribution in [-0.2, 0) is 10.3 Å². The highest BCUT2D eigenvalue weighted by Crippen LogP contribution is 2.44. The molecule has 6 heteroatoms. The van der Waals surface area contributed by atoms with Crippen LogP contribution in [0.5, 0.6) is 0 Å². The summed E-state index contributed by atoms with van der Waals surface area (Å²) in [7, 11) is 0. The maximum absolute atomic E-state index is 10.8. The molecule has 0 spiro atoms. The molecule has 0 atom stereocenters. The smallest absolute Gasteiger partial charge is 0.313 e. The fraction of sp³-hybridized carbons (Fsp3) is 0.429. The van der Waals surface area contributed by atoms with Gasteiger partial charge in [0.25, 0.3) is 0 Å². The molecule has 0 unspecified atom stereocenters. The quantitative estimate of drug-likeness (QED) is 0.873. The molecule has 3 rings (SSSR count). The van der Waals surface area contributed by atoms with Crippen molar-refractivity contribution in [1.29, 1.82) is 0 Å². The van der Waals surface area contributed by atoms with Crippen LogP contribution in [0, 0.1) is 0 Å². The number of nitrogens with zero attached hydrogens (tertiary/aromatic N) is 2. The van der Waals surface area contributed by atoms with Gasteiger partial charge in [-0.3, -0.25) is 4.79 Å². The molecule has 20 heavy (non-hydrogen) atoms. The molecule has 0 bridgehead atoms. The molecule has 2 aromatic rings. The van der Waals surface area contributed by atoms with Crippen molar-refractivity contribution in [2.75, 3.05) is 5.75 Å². The predicted octanol–water partition coefficient (Wildman–Crippen LogP) is 3.77. The van der Waals surface area contributed by atoms with Crippen LogP contribution in [0.4, 0.5) is 0 Å². The van der Waals surface area contributed by atoms with Gasteiger partial charge in [-0.15, -0.1) is 0 Å². The number of halogens is 1. The van der Waals surface area contributed by atoms with Gasteiger partial charge < -0.3 is 9.67 Å². The van der Waals surface area contributed by atoms with Crippen LogP contribution < -0.4 is 0 Å². The van der Waals surface area contributed by atoms with Crippen LogP contribution in [-0.4, -0.2) is 26.4 Å². The molecule has 1 aliphatic carbocycles. The van der Waals surface area contributed by atoms with Crippen LogP contribution in [0.2, 0.25) is 5.02 Å². The highest BCUT2D eigenvalue weighted by atomic mass is 35.5. The fourth-order valence-corrected chi connectivity index (χ4v) is 3.77. The number of carbonyl (C=O) groups is 1. The van der Waals surface area contributed by atoms with Crippen LogP contribution in [0.1, 0.15) is 26.2 Å². The van der Waals surface area contributed by atoms with Crippen molar-refractivity contribution >= 4 is 40.4 Å². The minimum absolute atomic E-state index is 0.0109. The summed E-state index contributed by atoms with van der Waals surface area (Å²) in [6, 6.07) is 5.73. The second-order valence-corrected chi connectivity index (χ2v) is 6.72. The molecule has 1 saturated carbocycles. The van der Waals surface area contributed by atoms with Gasteiger partial charge in [-0.1, -0.05) is 29.4 Å². The largest absolute Gasteiger partial charge is 0.481 e. The van der Waals surface area contributed by atoms with Crippen LogP contribution >= 0.6 is 23.4 Å². The van der Waals surface area contributed by atoms with E-state index in [-0.39, 0.29) is 11.3 Å². The van der Waals surface area contributed by atoms with Crippen molar-refractivity contribution in [2.24, 2.45) is 0 Å². The maximum Gasteiger partial charge on any atom is 0.313 e. The Labute approximate surface area is 126 Å². The molecule has 1 heterocycles. The number of hydrogen-bond donors (Lipinski definition) is 1. The molecule has 1 aliphatic rings. The molecule has 1 fully saturated rings. The van der Waals surface area contributed by atoms with Crippen LogP contribution in [0.15, 0.2) is 23.4 Å². The average Bonchev–Trinajstić information content (AvgIpc) is 2.74. The lowest BCUT2D eigenvalue weighted by atomic mass is 9.78. The molecule has 0 aliphatic heterocycles. The van der Waals surface area contributed by atoms with E-state index >= 15 is 0 Å². The Balaban J connectivity index is 2.14. The van der Waals surface area contributed by atoms with Gasteiger partial charge in [0.15, 0.2) is 5.16 Å². The van der Waals surface area contributed by atoms with E-state index in [1.54, 1.807) is 0 Å². The Kier molecular flexibility index (Phi) is 3.42. The third-order valence-corrected chi connectivity index (χ3v) is 5.13. The second-order valence-electron chi connectivity index (χ2n) is 5.37. The van der Waals surface area contributed by atoms with Crippen molar-refractivity contribution in [3.63, 3.8) is 0 Å². The average molecular weight is 311 g/mol. The van der Waals surface area contributed by atoms with Gasteiger partial charge in [0.1, 0.15) is 5.52 Å². The third-order valence-electron chi connectivity index (χ3n) is 3.90. The third kappa shape index (κ3) is 2.19. The van der Waals surface area contributed by atoms with E-state index in [1.807, 2.05) is 18.2 Å². The Morgan fingerprint density at radius 2 is 2.30 bits per heavy atom. The number of rotatable bonds is 4. The minimum Gasteiger partial charge on any atom is -0.481 e. The van der Waals surface area contributed by atoms with Crippen molar-refractivity contribution in [3.8, 4) is 0 Å². The summed E-state index contributed by atoms with van der Waals surface area (Å²) in [4.78, 5) is 15.4. The number of fused-ring (bicyclic) bond motifs is 1. The molecule has 106 valence electrons. The summed E-state index contributed by atoms with van der Waals surface area (Å²) in [5, 5.41) is 10.2. The maximum atomic E-state index is 10.8. The molecule has 1 aromatic carbocycles. The Morgan fingerprint density at radius 1 is 1.55 bits per heavy atom. The summed E-state index contributed by atoms with van der Waals surface area (Å²) in [6.45, 7) is 2.20. The minimum atomic E-state index is -0.835. The normalized spacial score (nSPS) is 17.1. The van der Waals surface area contributed by atoms with Gasteiger partial charge in [0.05, 0.1) is 16.3 Å². The van der Waals surface area contributed by atoms with E-state index in [4.69, 9.17) is 16.7 Å². The number of imidazole rings is 1. The van der Waals surface area contributed by atoms with Crippen LogP contribution in [0.3, 0.4) is 0 Å². The van der Waals surface area contributed by atoms with Gasteiger partial charge in [0.2, 0.25) is 0 Å². The number of thioether (sulfide) groups is 1. The van der Waals surface area contributed by atoms with E-state index in [1.165, 1.54) is 18.2 Å². The zero-order chi connectivity index (χ0) is 14.3. The zero-order valence-electron chi connectivity index (χ0n) is 11.1. The van der Waals surface area contributed by atoms with E-state index < -0.39 is 5.97 Å². The number of carboxylic acid groups (broad SMARTS) is 1. The first-order chi connectivity index (χ1) is 9.51. The molecule has 0 saturated heterocycles. The lowest BCUT2D eigenvalue weighted by Gasteiger charge is -2.41. The van der Waals surface area contributed by atoms with Crippen molar-refractivity contribution in [1.82, 2.24) is 9.55 Å². The second kappa shape index (κ2) is 4.97. The number of aliphatic carboxylic acids is 1. The number of aromatic nitrogens is 2. The Hall–Kier alpha value is -1.20. The van der Waals surface area contributed by atoms with E-state index in [2.05, 4.69) is 16.5 Å². The number of benzene rings is 1. The monoisotopic (exact) mass is 310 g/mol. The summed E-state index contributed by atoms with van der Waals surface area (Å²) in [5.74, 6) is -0.824. The standard InChI is InChI=1S/C14H15ClN2O2S/c1-14(6-3-7-14)17-10-5-2-4-9(15)12(10)16-13(17)20-8-11(18)19/h2,4-5H,3,6-8H2,1H3,(H,18,19). The van der Waals surface area contributed by atoms with E-state index in [9.17, 15) is 4.79 Å². The first-order valence-corrected chi connectivity index (χ1v) is 7.90. The van der Waals surface area contributed by atoms with Gasteiger partial charge in [-0.2, -0.15) is 0 Å². The van der Waals surface area contributed by atoms with Gasteiger partial charge >= 0.3 is 5.97 Å². The Morgan fingerprint density at radius 3 is 2.90 bits per heavy atom. The summed E-state index contributed by atoms with van der Waals surface area (Å²) >= 11 is 7.47. The first-order valence-electron chi connectivity index (χ1n) is 6.53. The zero-order valence-corrected chi connectivity index (χ0v) is 12.7. The summed E-state index contributed by atoms with van der Waals surface area (Å²) in [5.41, 5.74) is 1.78. The van der Waals surface area contributed by atoms with Gasteiger partial charge in [-0.05, 0) is 38.3 Å². The van der Waals surface area contributed by atoms with Gasteiger partial charge in [-0.25, -0.2) is 4.98 Å². The first kappa shape index (κ1) is 13.8. The molecule has 1 N–H and O–H groups in total. The predicted molar refractivity (Wildman–Crippen MR) is 80.6 cm³/mol. The lowest BCUT2D eigenvalue weighted by molar-refractivity contribution is -0.133. The lowest BCUT2D eigenvalue weighted by Crippen LogP contribution is -2.37. The van der Waals surface area contributed by atoms with Gasteiger partial charge in [0, 0.05) is 5.54 Å². The van der Waals surface area contributed by atoms with E-state index in [0.29, 0.717) is 5.02 Å². The number of para-hydroxylation sites is 1. The van der Waals surface area contributed by atoms with Crippen LogP contribution in [0.25, 0.3) is 11.0 Å². The highest BCUT2D eigenvalue weighted by molar-refractivity contribution is 7.99. The SMILES string of the molecule is CC1(n2c(SCC(=O)O)nc3c(Cl)cccc32)CCC1. The summed E-state index contributed by atoms with van der Waals surface area (Å²) in [6.07, 6.45) is 3.37. The molecule has 0 amide bonds. The number of hydrogen-bond acceptors (Lipinski definition) is 3. The molecule has 1 aromatic heterocycles. The van der Waals surface area contributed by atoms with Crippen molar-refractivity contribution in [3.05, 3.63) is 23.2 Å². The molecular weight excluding hydrogens is 296 g/mol. The highest BCUT2D eigenvalue weighted by Gasteiger charge is 2.37. The fourth-order valence-electron chi connectivity index (χ4n) is 2.70. The molecule has 4 nitrogen and oxygen atoms in total. The molecule has 0 radical (unpaired) electrons. The van der Waals surface area contributed by atoms with Crippen molar-refractivity contribution < 1.29 is 9.90 Å². The molecular formula is C14H15ClN2O2S. The summed E-state index contributed by atoms with van der Waals surface area (Å²) < 4.78 is 2.17. The number of carboxylic acids is 1. The topological polar surface area (TPSA) is 55.1 Å². The van der Waals surface area contributed by atoms with Crippen molar-refractivity contribution in [2.45, 2.75) is 36.9 Å².